The number of nitrogens with zero attached hydrogens (tertiary/aromatic N) is 1. The molecule has 11 heteroatoms. The highest BCUT2D eigenvalue weighted by Gasteiger charge is 2.54. The summed E-state index contributed by atoms with van der Waals surface area (Å²) in [4.78, 5) is 36.0. The maximum atomic E-state index is 12.9. The molecule has 1 fully saturated rings. The van der Waals surface area contributed by atoms with E-state index in [0.717, 1.165) is 49.3 Å². The van der Waals surface area contributed by atoms with Crippen LogP contribution < -0.4 is 14.8 Å². The van der Waals surface area contributed by atoms with E-state index >= 15 is 0 Å². The molecule has 3 aromatic rings. The Hall–Kier alpha value is -3.10. The third-order valence-electron chi connectivity index (χ3n) is 11.4. The first-order chi connectivity index (χ1) is 23.9. The quantitative estimate of drug-likeness (QED) is 0.0952. The predicted molar refractivity (Wildman–Crippen MR) is 196 cm³/mol. The number of benzene rings is 2. The fourth-order valence-electron chi connectivity index (χ4n) is 8.78. The molecule has 1 saturated carbocycles. The molecule has 1 aromatic heterocycles. The smallest absolute Gasteiger partial charge is 0.329 e. The second kappa shape index (κ2) is 15.2. The molecule has 1 heterocycles. The molecule has 0 radical (unpaired) electrons. The Morgan fingerprint density at radius 2 is 1.90 bits per heavy atom. The molecule has 3 aliphatic carbocycles. The molecular weight excluding hydrogens is 675 g/mol. The van der Waals surface area contributed by atoms with Crippen molar-refractivity contribution in [1.29, 1.82) is 0 Å². The minimum absolute atomic E-state index is 0.148. The molecule has 0 bridgehead atoms. The molecule has 1 spiro atoms. The first-order valence-corrected chi connectivity index (χ1v) is 20.2. The zero-order chi connectivity index (χ0) is 35.5. The Kier molecular flexibility index (Phi) is 11.2. The number of aromatic nitrogens is 1. The molecule has 270 valence electrons. The van der Waals surface area contributed by atoms with Gasteiger partial charge in [0.25, 0.3) is 0 Å². The van der Waals surface area contributed by atoms with Gasteiger partial charge in [-0.2, -0.15) is 0 Å². The van der Waals surface area contributed by atoms with E-state index in [2.05, 4.69) is 36.3 Å². The van der Waals surface area contributed by atoms with Crippen molar-refractivity contribution in [3.8, 4) is 11.5 Å². The topological polar surface area (TPSA) is 138 Å². The van der Waals surface area contributed by atoms with Gasteiger partial charge in [0.2, 0.25) is 0 Å². The molecule has 4 N–H and O–H groups in total. The van der Waals surface area contributed by atoms with Crippen molar-refractivity contribution in [2.24, 2.45) is 11.8 Å². The Morgan fingerprint density at radius 1 is 1.10 bits per heavy atom. The highest BCUT2D eigenvalue weighted by Crippen LogP contribution is 2.57. The van der Waals surface area contributed by atoms with Crippen LogP contribution in [0.25, 0.3) is 0 Å². The van der Waals surface area contributed by atoms with E-state index in [-0.39, 0.29) is 17.5 Å². The molecular formula is C39H50ClN2O7P. The summed E-state index contributed by atoms with van der Waals surface area (Å²) in [6, 6.07) is 15.5. The van der Waals surface area contributed by atoms with Crippen molar-refractivity contribution >= 4 is 30.9 Å². The van der Waals surface area contributed by atoms with Crippen molar-refractivity contribution in [3.05, 3.63) is 82.1 Å². The van der Waals surface area contributed by atoms with Crippen molar-refractivity contribution < 1.29 is 33.7 Å². The number of carboxylic acids is 1. The highest BCUT2D eigenvalue weighted by atomic mass is 35.5. The second-order valence-electron chi connectivity index (χ2n) is 15.0. The van der Waals surface area contributed by atoms with Gasteiger partial charge in [-0.1, -0.05) is 37.6 Å². The monoisotopic (exact) mass is 724 g/mol. The maximum absolute atomic E-state index is 12.9. The van der Waals surface area contributed by atoms with Gasteiger partial charge >= 0.3 is 13.6 Å². The Bertz CT molecular complexity index is 1720. The van der Waals surface area contributed by atoms with Crippen molar-refractivity contribution in [2.75, 3.05) is 24.7 Å². The highest BCUT2D eigenvalue weighted by molar-refractivity contribution is 7.51. The van der Waals surface area contributed by atoms with Crippen LogP contribution in [-0.4, -0.2) is 50.8 Å². The SMILES string of the molecule is C[C@@H](COc1ccnc2c1[C@H](C)CCC2)CC1Cc2ccc(OCCCCP(=O)(O)O)cc2C12CCC(Nc1cccc(Cl)c1)(C(=O)O)CC2. The minimum Gasteiger partial charge on any atom is -0.494 e. The van der Waals surface area contributed by atoms with Gasteiger partial charge in [0.1, 0.15) is 17.0 Å². The molecule has 9 nitrogen and oxygen atoms in total. The molecule has 2 aromatic carbocycles. The van der Waals surface area contributed by atoms with E-state index in [9.17, 15) is 24.3 Å². The number of fused-ring (bicyclic) bond motifs is 3. The third-order valence-corrected chi connectivity index (χ3v) is 12.5. The fourth-order valence-corrected chi connectivity index (χ4v) is 9.60. The number of aryl methyl sites for hydroxylation is 1. The second-order valence-corrected chi connectivity index (χ2v) is 17.2. The number of rotatable bonds is 14. The molecule has 1 unspecified atom stereocenters. The number of pyridine rings is 1. The summed E-state index contributed by atoms with van der Waals surface area (Å²) in [5.74, 6) is 1.85. The molecule has 3 aliphatic rings. The Balaban J connectivity index is 1.21. The van der Waals surface area contributed by atoms with Crippen LogP contribution in [0.2, 0.25) is 5.02 Å². The summed E-state index contributed by atoms with van der Waals surface area (Å²) < 4.78 is 23.9. The molecule has 3 atom stereocenters. The van der Waals surface area contributed by atoms with Crippen LogP contribution in [0.1, 0.15) is 99.9 Å². The molecule has 50 heavy (non-hydrogen) atoms. The van der Waals surface area contributed by atoms with E-state index in [1.807, 2.05) is 30.5 Å². The summed E-state index contributed by atoms with van der Waals surface area (Å²) >= 11 is 6.26. The normalized spacial score (nSPS) is 25.1. The number of halogens is 1. The molecule has 0 aliphatic heterocycles. The fraction of sp³-hybridized carbons (Fsp3) is 0.538. The standard InChI is InChI=1S/C39H50ClN2O7P/c1-26(25-49-35-13-18-41-34-10-5-7-27(2)36(34)35)21-29-22-28-11-12-32(48-19-3-4-20-50(45,46)47)24-33(28)38(29)14-16-39(17-15-38,37(43)44)42-31-9-6-8-30(40)23-31/h6,8-9,11-13,18,23-24,26-27,29,42H,3-5,7,10,14-17,19-22,25H2,1-2H3,(H,43,44)(H2,45,46,47)/t26-,27-,29?,38?,39?/m1/s1. The Morgan fingerprint density at radius 3 is 2.64 bits per heavy atom. The lowest BCUT2D eigenvalue weighted by atomic mass is 9.59. The van der Waals surface area contributed by atoms with E-state index in [1.165, 1.54) is 16.7 Å². The van der Waals surface area contributed by atoms with E-state index in [4.69, 9.17) is 21.1 Å². The summed E-state index contributed by atoms with van der Waals surface area (Å²) in [5, 5.41) is 14.5. The summed E-state index contributed by atoms with van der Waals surface area (Å²) in [6.45, 7) is 5.49. The van der Waals surface area contributed by atoms with E-state index in [0.29, 0.717) is 74.3 Å². The number of hydrogen-bond donors (Lipinski definition) is 4. The lowest BCUT2D eigenvalue weighted by Crippen LogP contribution is -2.53. The average molecular weight is 725 g/mol. The van der Waals surface area contributed by atoms with Gasteiger partial charge in [0, 0.05) is 34.3 Å². The average Bonchev–Trinajstić information content (AvgIpc) is 3.35. The molecule has 6 rings (SSSR count). The first kappa shape index (κ1) is 36.7. The van der Waals surface area contributed by atoms with Crippen molar-refractivity contribution in [2.45, 2.75) is 101 Å². The number of anilines is 1. The van der Waals surface area contributed by atoms with Crippen molar-refractivity contribution in [1.82, 2.24) is 4.98 Å². The predicted octanol–water partition coefficient (Wildman–Crippen LogP) is 8.54. The van der Waals surface area contributed by atoms with Crippen LogP contribution >= 0.6 is 19.2 Å². The van der Waals surface area contributed by atoms with Gasteiger partial charge in [-0.3, -0.25) is 9.55 Å². The van der Waals surface area contributed by atoms with Gasteiger partial charge in [-0.25, -0.2) is 4.79 Å². The molecule has 0 amide bonds. The van der Waals surface area contributed by atoms with E-state index < -0.39 is 19.1 Å². The lowest BCUT2D eigenvalue weighted by Gasteiger charge is -2.47. The van der Waals surface area contributed by atoms with Crippen LogP contribution in [0.3, 0.4) is 0 Å². The first-order valence-electron chi connectivity index (χ1n) is 18.1. The van der Waals surface area contributed by atoms with Crippen molar-refractivity contribution in [3.63, 3.8) is 0 Å². The molecule has 0 saturated heterocycles. The zero-order valence-electron chi connectivity index (χ0n) is 29.1. The van der Waals surface area contributed by atoms with Crippen LogP contribution in [0.4, 0.5) is 5.69 Å². The Labute approximate surface area is 300 Å². The lowest BCUT2D eigenvalue weighted by molar-refractivity contribution is -0.144. The number of ether oxygens (including phenoxy) is 2. The number of carbonyl (C=O) groups is 1. The number of unbranched alkanes of at least 4 members (excludes halogenated alkanes) is 1. The third kappa shape index (κ3) is 8.17. The van der Waals surface area contributed by atoms with Gasteiger partial charge < -0.3 is 29.7 Å². The zero-order valence-corrected chi connectivity index (χ0v) is 30.7. The number of aliphatic carboxylic acids is 1. The summed E-state index contributed by atoms with van der Waals surface area (Å²) in [7, 11) is -4.03. The van der Waals surface area contributed by atoms with Crippen LogP contribution in [0.15, 0.2) is 54.7 Å². The largest absolute Gasteiger partial charge is 0.494 e. The van der Waals surface area contributed by atoms with E-state index in [1.54, 1.807) is 12.1 Å². The van der Waals surface area contributed by atoms with Gasteiger partial charge in [0.15, 0.2) is 0 Å². The van der Waals surface area contributed by atoms with Gasteiger partial charge in [-0.15, -0.1) is 0 Å². The van der Waals surface area contributed by atoms with Gasteiger partial charge in [0.05, 0.1) is 13.2 Å². The maximum Gasteiger partial charge on any atom is 0.329 e. The minimum atomic E-state index is -4.03. The summed E-state index contributed by atoms with van der Waals surface area (Å²) in [5.41, 5.74) is 4.31. The van der Waals surface area contributed by atoms with Crippen LogP contribution in [0, 0.1) is 11.8 Å². The van der Waals surface area contributed by atoms with Crippen LogP contribution in [0.5, 0.6) is 11.5 Å². The summed E-state index contributed by atoms with van der Waals surface area (Å²) in [6.07, 6.45) is 10.1. The number of nitrogens with one attached hydrogen (secondary N) is 1. The number of carboxylic acid groups (broad SMARTS) is 1. The van der Waals surface area contributed by atoms with Crippen LogP contribution in [-0.2, 0) is 27.6 Å². The van der Waals surface area contributed by atoms with Gasteiger partial charge in [-0.05, 0) is 141 Å². The number of hydrogen-bond acceptors (Lipinski definition) is 6.